The molecule has 9 heteroatoms. The molecular formula is C19H16N2O7. The van der Waals surface area contributed by atoms with Gasteiger partial charge in [0.1, 0.15) is 5.92 Å². The van der Waals surface area contributed by atoms with Crippen LogP contribution in [0.15, 0.2) is 57.8 Å². The standard InChI is InChI=1S/C19H16N2O7/c1-10-14(19(24)27-2)15(11-3-5-13(6-4-11)21(25)26)16(18(22)23)17(20-10)12-7-8-28-9-12/h3-9,14-15H,1-2H3,(H,22,23). The van der Waals surface area contributed by atoms with Crippen LogP contribution in [0.5, 0.6) is 0 Å². The van der Waals surface area contributed by atoms with Gasteiger partial charge in [0, 0.05) is 29.3 Å². The summed E-state index contributed by atoms with van der Waals surface area (Å²) in [6.45, 7) is 1.61. The van der Waals surface area contributed by atoms with E-state index in [0.29, 0.717) is 16.8 Å². The first-order valence-corrected chi connectivity index (χ1v) is 8.22. The third kappa shape index (κ3) is 3.29. The largest absolute Gasteiger partial charge is 0.478 e. The Morgan fingerprint density at radius 2 is 1.93 bits per heavy atom. The number of aliphatic carboxylic acids is 1. The summed E-state index contributed by atoms with van der Waals surface area (Å²) in [6, 6.07) is 6.98. The number of carbonyl (C=O) groups is 2. The van der Waals surface area contributed by atoms with Crippen molar-refractivity contribution in [2.24, 2.45) is 10.9 Å². The van der Waals surface area contributed by atoms with Gasteiger partial charge in [-0.05, 0) is 18.6 Å². The molecule has 0 radical (unpaired) electrons. The number of hydrogen-bond acceptors (Lipinski definition) is 7. The second-order valence-electron chi connectivity index (χ2n) is 6.16. The zero-order chi connectivity index (χ0) is 20.4. The van der Waals surface area contributed by atoms with E-state index >= 15 is 0 Å². The van der Waals surface area contributed by atoms with Crippen molar-refractivity contribution in [3.63, 3.8) is 0 Å². The number of carbonyl (C=O) groups excluding carboxylic acids is 1. The third-order valence-electron chi connectivity index (χ3n) is 4.58. The van der Waals surface area contributed by atoms with E-state index in [1.807, 2.05) is 0 Å². The van der Waals surface area contributed by atoms with Crippen LogP contribution >= 0.6 is 0 Å². The molecule has 2 atom stereocenters. The number of benzene rings is 1. The molecule has 0 spiro atoms. The van der Waals surface area contributed by atoms with Crippen LogP contribution in [-0.2, 0) is 14.3 Å². The van der Waals surface area contributed by atoms with Crippen LogP contribution in [0.3, 0.4) is 0 Å². The molecule has 0 saturated carbocycles. The molecule has 28 heavy (non-hydrogen) atoms. The minimum atomic E-state index is -1.26. The third-order valence-corrected chi connectivity index (χ3v) is 4.58. The smallest absolute Gasteiger partial charge is 0.334 e. The molecule has 1 aliphatic rings. The molecule has 0 bridgehead atoms. The van der Waals surface area contributed by atoms with E-state index < -0.39 is 28.7 Å². The summed E-state index contributed by atoms with van der Waals surface area (Å²) in [5, 5.41) is 20.9. The molecule has 1 N–H and O–H groups in total. The molecule has 144 valence electrons. The average molecular weight is 384 g/mol. The van der Waals surface area contributed by atoms with Crippen molar-refractivity contribution >= 4 is 29.0 Å². The number of esters is 1. The fourth-order valence-electron chi connectivity index (χ4n) is 3.31. The Bertz CT molecular complexity index is 988. The van der Waals surface area contributed by atoms with Crippen molar-refractivity contribution in [1.29, 1.82) is 0 Å². The molecule has 9 nitrogen and oxygen atoms in total. The number of carboxylic acids is 1. The number of rotatable bonds is 5. The van der Waals surface area contributed by atoms with Crippen LogP contribution < -0.4 is 0 Å². The Balaban J connectivity index is 2.25. The summed E-state index contributed by atoms with van der Waals surface area (Å²) < 4.78 is 9.91. The van der Waals surface area contributed by atoms with Gasteiger partial charge in [-0.15, -0.1) is 0 Å². The minimum absolute atomic E-state index is 0.115. The molecule has 0 aliphatic carbocycles. The highest BCUT2D eigenvalue weighted by Gasteiger charge is 2.43. The molecule has 0 saturated heterocycles. The molecule has 2 unspecified atom stereocenters. The van der Waals surface area contributed by atoms with Gasteiger partial charge in [-0.2, -0.15) is 0 Å². The number of non-ortho nitro benzene ring substituents is 1. The summed E-state index contributed by atoms with van der Waals surface area (Å²) in [7, 11) is 1.21. The number of aliphatic imine (C=N–C) groups is 1. The van der Waals surface area contributed by atoms with E-state index in [1.165, 1.54) is 43.9 Å². The Hall–Kier alpha value is -3.75. The molecule has 1 aliphatic heterocycles. The fraction of sp³-hybridized carbons (Fsp3) is 0.211. The maximum absolute atomic E-state index is 12.5. The lowest BCUT2D eigenvalue weighted by Gasteiger charge is -2.31. The van der Waals surface area contributed by atoms with Crippen molar-refractivity contribution in [1.82, 2.24) is 0 Å². The lowest BCUT2D eigenvalue weighted by molar-refractivity contribution is -0.384. The van der Waals surface area contributed by atoms with Gasteiger partial charge in [0.15, 0.2) is 0 Å². The van der Waals surface area contributed by atoms with E-state index in [4.69, 9.17) is 9.15 Å². The highest BCUT2D eigenvalue weighted by Crippen LogP contribution is 2.42. The number of methoxy groups -OCH3 is 1. The second kappa shape index (κ2) is 7.47. The number of nitro benzene ring substituents is 1. The van der Waals surface area contributed by atoms with Gasteiger partial charge in [-0.3, -0.25) is 19.9 Å². The lowest BCUT2D eigenvalue weighted by atomic mass is 9.75. The molecule has 3 rings (SSSR count). The Kier molecular flexibility index (Phi) is 5.08. The number of furan rings is 1. The van der Waals surface area contributed by atoms with Crippen LogP contribution in [-0.4, -0.2) is 34.8 Å². The van der Waals surface area contributed by atoms with E-state index in [9.17, 15) is 24.8 Å². The summed E-state index contributed by atoms with van der Waals surface area (Å²) in [5.74, 6) is -3.82. The molecule has 0 amide bonds. The van der Waals surface area contributed by atoms with Gasteiger partial charge in [-0.25, -0.2) is 4.79 Å². The fourth-order valence-corrected chi connectivity index (χ4v) is 3.31. The molecule has 2 heterocycles. The zero-order valence-electron chi connectivity index (χ0n) is 15.0. The van der Waals surface area contributed by atoms with E-state index in [1.54, 1.807) is 13.0 Å². The predicted molar refractivity (Wildman–Crippen MR) is 97.7 cm³/mol. The quantitative estimate of drug-likeness (QED) is 0.476. The van der Waals surface area contributed by atoms with Gasteiger partial charge < -0.3 is 14.3 Å². The van der Waals surface area contributed by atoms with Crippen LogP contribution in [0.2, 0.25) is 0 Å². The molecule has 2 aromatic rings. The normalized spacial score (nSPS) is 19.1. The Labute approximate surface area is 159 Å². The van der Waals surface area contributed by atoms with Gasteiger partial charge >= 0.3 is 11.9 Å². The summed E-state index contributed by atoms with van der Waals surface area (Å²) in [5.41, 5.74) is 1.16. The van der Waals surface area contributed by atoms with Gasteiger partial charge in [0.25, 0.3) is 5.69 Å². The van der Waals surface area contributed by atoms with Crippen LogP contribution in [0, 0.1) is 16.0 Å². The first-order chi connectivity index (χ1) is 13.3. The molecule has 1 aromatic carbocycles. The molecule has 1 aromatic heterocycles. The van der Waals surface area contributed by atoms with Gasteiger partial charge in [0.05, 0.1) is 35.8 Å². The highest BCUT2D eigenvalue weighted by molar-refractivity contribution is 6.11. The van der Waals surface area contributed by atoms with E-state index in [2.05, 4.69) is 4.99 Å². The Morgan fingerprint density at radius 3 is 2.43 bits per heavy atom. The first-order valence-electron chi connectivity index (χ1n) is 8.22. The number of nitro groups is 1. The maximum Gasteiger partial charge on any atom is 0.334 e. The summed E-state index contributed by atoms with van der Waals surface area (Å²) in [4.78, 5) is 39.3. The number of ether oxygens (including phenoxy) is 1. The van der Waals surface area contributed by atoms with Crippen LogP contribution in [0.25, 0.3) is 5.70 Å². The summed E-state index contributed by atoms with van der Waals surface area (Å²) in [6.07, 6.45) is 2.75. The number of carboxylic acid groups (broad SMARTS) is 1. The first kappa shape index (κ1) is 19.0. The number of nitrogens with zero attached hydrogens (tertiary/aromatic N) is 2. The van der Waals surface area contributed by atoms with E-state index in [0.717, 1.165) is 0 Å². The monoisotopic (exact) mass is 384 g/mol. The topological polar surface area (TPSA) is 132 Å². The van der Waals surface area contributed by atoms with E-state index in [-0.39, 0.29) is 17.0 Å². The second-order valence-corrected chi connectivity index (χ2v) is 6.16. The van der Waals surface area contributed by atoms with Crippen molar-refractivity contribution < 1.29 is 28.8 Å². The maximum atomic E-state index is 12.5. The van der Waals surface area contributed by atoms with Crippen LogP contribution in [0.1, 0.15) is 24.0 Å². The zero-order valence-corrected chi connectivity index (χ0v) is 15.0. The predicted octanol–water partition coefficient (Wildman–Crippen LogP) is 3.03. The van der Waals surface area contributed by atoms with Crippen molar-refractivity contribution in [3.05, 3.63) is 69.7 Å². The van der Waals surface area contributed by atoms with Gasteiger partial charge in [0.2, 0.25) is 0 Å². The average Bonchev–Trinajstić information content (AvgIpc) is 3.21. The highest BCUT2D eigenvalue weighted by atomic mass is 16.6. The molecule has 0 fully saturated rings. The van der Waals surface area contributed by atoms with Crippen molar-refractivity contribution in [2.45, 2.75) is 12.8 Å². The van der Waals surface area contributed by atoms with Crippen molar-refractivity contribution in [2.75, 3.05) is 7.11 Å². The lowest BCUT2D eigenvalue weighted by Crippen LogP contribution is -2.35. The number of hydrogen-bond donors (Lipinski definition) is 1. The van der Waals surface area contributed by atoms with Gasteiger partial charge in [-0.1, -0.05) is 12.1 Å². The Morgan fingerprint density at radius 1 is 1.25 bits per heavy atom. The summed E-state index contributed by atoms with van der Waals surface area (Å²) >= 11 is 0. The van der Waals surface area contributed by atoms with Crippen LogP contribution in [0.4, 0.5) is 5.69 Å². The van der Waals surface area contributed by atoms with Crippen molar-refractivity contribution in [3.8, 4) is 0 Å². The minimum Gasteiger partial charge on any atom is -0.478 e. The molecular weight excluding hydrogens is 368 g/mol. The SMILES string of the molecule is COC(=O)C1C(C)=NC(c2ccoc2)=C(C(=O)O)C1c1ccc([N+](=O)[O-])cc1.